The molecular formula is C11H13NO2. The molecule has 0 heterocycles. The van der Waals surface area contributed by atoms with Crippen molar-refractivity contribution in [2.45, 2.75) is 6.92 Å². The van der Waals surface area contributed by atoms with Gasteiger partial charge in [0.2, 0.25) is 0 Å². The second-order valence-corrected chi connectivity index (χ2v) is 2.99. The van der Waals surface area contributed by atoms with E-state index in [1.54, 1.807) is 25.1 Å². The zero-order chi connectivity index (χ0) is 10.6. The lowest BCUT2D eigenvalue weighted by Crippen LogP contribution is -2.00. The topological polar surface area (TPSA) is 52.3 Å². The highest BCUT2D eigenvalue weighted by atomic mass is 16.5. The minimum Gasteiger partial charge on any atom is -0.466 e. The Balaban J connectivity index is 2.86. The van der Waals surface area contributed by atoms with Crippen LogP contribution in [0.5, 0.6) is 0 Å². The van der Waals surface area contributed by atoms with Gasteiger partial charge in [-0.25, -0.2) is 4.79 Å². The molecule has 74 valence electrons. The number of benzene rings is 1. The summed E-state index contributed by atoms with van der Waals surface area (Å²) < 4.78 is 4.58. The van der Waals surface area contributed by atoms with E-state index in [1.807, 2.05) is 12.1 Å². The van der Waals surface area contributed by atoms with Gasteiger partial charge in [0.25, 0.3) is 0 Å². The van der Waals surface area contributed by atoms with E-state index in [9.17, 15) is 4.79 Å². The molecule has 3 heteroatoms. The van der Waals surface area contributed by atoms with E-state index in [0.29, 0.717) is 11.3 Å². The van der Waals surface area contributed by atoms with E-state index in [0.717, 1.165) is 5.56 Å². The quantitative estimate of drug-likeness (QED) is 0.441. The Hall–Kier alpha value is -1.77. The number of anilines is 1. The summed E-state index contributed by atoms with van der Waals surface area (Å²) in [6.45, 7) is 1.71. The van der Waals surface area contributed by atoms with E-state index in [2.05, 4.69) is 4.74 Å². The average Bonchev–Trinajstić information content (AvgIpc) is 2.20. The van der Waals surface area contributed by atoms with Crippen LogP contribution in [-0.4, -0.2) is 13.1 Å². The van der Waals surface area contributed by atoms with Gasteiger partial charge >= 0.3 is 5.97 Å². The number of ether oxygens (including phenoxy) is 1. The first-order valence-corrected chi connectivity index (χ1v) is 4.25. The summed E-state index contributed by atoms with van der Waals surface area (Å²) in [5.41, 5.74) is 7.74. The van der Waals surface area contributed by atoms with Gasteiger partial charge in [-0.15, -0.1) is 0 Å². The highest BCUT2D eigenvalue weighted by Crippen LogP contribution is 2.10. The molecule has 1 aromatic rings. The normalized spacial score (nSPS) is 11.1. The molecule has 0 aliphatic heterocycles. The molecule has 1 aromatic carbocycles. The number of carbonyl (C=O) groups is 1. The van der Waals surface area contributed by atoms with Crippen LogP contribution in [0.3, 0.4) is 0 Å². The smallest absolute Gasteiger partial charge is 0.333 e. The predicted octanol–water partition coefficient (Wildman–Crippen LogP) is 1.85. The molecule has 0 bridgehead atoms. The van der Waals surface area contributed by atoms with Crippen molar-refractivity contribution in [2.75, 3.05) is 12.8 Å². The van der Waals surface area contributed by atoms with Crippen molar-refractivity contribution in [2.24, 2.45) is 0 Å². The van der Waals surface area contributed by atoms with Crippen LogP contribution >= 0.6 is 0 Å². The van der Waals surface area contributed by atoms with Crippen molar-refractivity contribution in [3.05, 3.63) is 35.4 Å². The van der Waals surface area contributed by atoms with E-state index < -0.39 is 0 Å². The molecule has 14 heavy (non-hydrogen) atoms. The van der Waals surface area contributed by atoms with Crippen LogP contribution in [0.15, 0.2) is 29.8 Å². The van der Waals surface area contributed by atoms with Gasteiger partial charge in [0.05, 0.1) is 7.11 Å². The van der Waals surface area contributed by atoms with E-state index >= 15 is 0 Å². The minimum atomic E-state index is -0.318. The first-order valence-electron chi connectivity index (χ1n) is 4.25. The summed E-state index contributed by atoms with van der Waals surface area (Å²) in [7, 11) is 1.36. The van der Waals surface area contributed by atoms with Crippen LogP contribution in [0.4, 0.5) is 5.69 Å². The lowest BCUT2D eigenvalue weighted by molar-refractivity contribution is -0.135. The van der Waals surface area contributed by atoms with Crippen molar-refractivity contribution in [3.63, 3.8) is 0 Å². The molecule has 0 aromatic heterocycles. The van der Waals surface area contributed by atoms with Gasteiger partial charge in [0.1, 0.15) is 0 Å². The van der Waals surface area contributed by atoms with Crippen LogP contribution in [0.25, 0.3) is 6.08 Å². The third kappa shape index (κ3) is 2.62. The fourth-order valence-electron chi connectivity index (χ4n) is 1.06. The van der Waals surface area contributed by atoms with Gasteiger partial charge in [-0.05, 0) is 30.7 Å². The average molecular weight is 191 g/mol. The van der Waals surface area contributed by atoms with Crippen LogP contribution < -0.4 is 5.73 Å². The Morgan fingerprint density at radius 1 is 1.36 bits per heavy atom. The predicted molar refractivity (Wildman–Crippen MR) is 56.5 cm³/mol. The van der Waals surface area contributed by atoms with Crippen LogP contribution in [0.2, 0.25) is 0 Å². The summed E-state index contributed by atoms with van der Waals surface area (Å²) in [5.74, 6) is -0.318. The summed E-state index contributed by atoms with van der Waals surface area (Å²) in [4.78, 5) is 11.1. The van der Waals surface area contributed by atoms with Crippen LogP contribution in [0, 0.1) is 0 Å². The molecule has 1 rings (SSSR count). The van der Waals surface area contributed by atoms with Crippen molar-refractivity contribution in [1.29, 1.82) is 0 Å². The monoisotopic (exact) mass is 191 g/mol. The van der Waals surface area contributed by atoms with Crippen molar-refractivity contribution < 1.29 is 9.53 Å². The molecule has 0 saturated carbocycles. The lowest BCUT2D eigenvalue weighted by atomic mass is 10.1. The molecule has 0 atom stereocenters. The molecular weight excluding hydrogens is 178 g/mol. The number of rotatable bonds is 2. The van der Waals surface area contributed by atoms with Gasteiger partial charge < -0.3 is 10.5 Å². The van der Waals surface area contributed by atoms with E-state index in [4.69, 9.17) is 5.73 Å². The largest absolute Gasteiger partial charge is 0.466 e. The first-order chi connectivity index (χ1) is 6.63. The minimum absolute atomic E-state index is 0.318. The molecule has 0 unspecified atom stereocenters. The zero-order valence-corrected chi connectivity index (χ0v) is 8.28. The molecule has 0 fully saturated rings. The SMILES string of the molecule is COC(=O)/C(C)=C/c1ccc(N)cc1. The van der Waals surface area contributed by atoms with Crippen LogP contribution in [0.1, 0.15) is 12.5 Å². The third-order valence-corrected chi connectivity index (χ3v) is 1.83. The fourth-order valence-corrected chi connectivity index (χ4v) is 1.06. The Bertz CT molecular complexity index is 352. The van der Waals surface area contributed by atoms with Crippen molar-refractivity contribution in [1.82, 2.24) is 0 Å². The summed E-state index contributed by atoms with van der Waals surface area (Å²) in [6, 6.07) is 7.27. The molecule has 0 spiro atoms. The summed E-state index contributed by atoms with van der Waals surface area (Å²) in [5, 5.41) is 0. The van der Waals surface area contributed by atoms with Gasteiger partial charge in [0.15, 0.2) is 0 Å². The van der Waals surface area contributed by atoms with Gasteiger partial charge in [-0.2, -0.15) is 0 Å². The molecule has 0 amide bonds. The number of esters is 1. The Morgan fingerprint density at radius 2 is 1.93 bits per heavy atom. The second-order valence-electron chi connectivity index (χ2n) is 2.99. The maximum Gasteiger partial charge on any atom is 0.333 e. The van der Waals surface area contributed by atoms with Crippen molar-refractivity contribution in [3.8, 4) is 0 Å². The number of carbonyl (C=O) groups excluding carboxylic acids is 1. The van der Waals surface area contributed by atoms with Gasteiger partial charge in [-0.3, -0.25) is 0 Å². The number of nitrogens with two attached hydrogens (primary N) is 1. The molecule has 0 saturated heterocycles. The molecule has 0 aliphatic rings. The fraction of sp³-hybridized carbons (Fsp3) is 0.182. The molecule has 0 radical (unpaired) electrons. The second kappa shape index (κ2) is 4.46. The number of hydrogen-bond donors (Lipinski definition) is 1. The standard InChI is InChI=1S/C11H13NO2/c1-8(11(13)14-2)7-9-3-5-10(12)6-4-9/h3-7H,12H2,1-2H3/b8-7+. The summed E-state index contributed by atoms with van der Waals surface area (Å²) in [6.07, 6.45) is 1.76. The Morgan fingerprint density at radius 3 is 2.43 bits per heavy atom. The number of nitrogen functional groups attached to an aromatic ring is 1. The van der Waals surface area contributed by atoms with Crippen LogP contribution in [-0.2, 0) is 9.53 Å². The lowest BCUT2D eigenvalue weighted by Gasteiger charge is -1.99. The van der Waals surface area contributed by atoms with E-state index in [-0.39, 0.29) is 5.97 Å². The Kier molecular flexibility index (Phi) is 3.29. The summed E-state index contributed by atoms with van der Waals surface area (Å²) >= 11 is 0. The maximum atomic E-state index is 11.1. The van der Waals surface area contributed by atoms with Gasteiger partial charge in [0, 0.05) is 11.3 Å². The van der Waals surface area contributed by atoms with Crippen molar-refractivity contribution >= 4 is 17.7 Å². The first kappa shape index (κ1) is 10.3. The highest BCUT2D eigenvalue weighted by molar-refractivity contribution is 5.92. The molecule has 2 N–H and O–H groups in total. The maximum absolute atomic E-state index is 11.1. The zero-order valence-electron chi connectivity index (χ0n) is 8.28. The highest BCUT2D eigenvalue weighted by Gasteiger charge is 2.02. The molecule has 3 nitrogen and oxygen atoms in total. The third-order valence-electron chi connectivity index (χ3n) is 1.83. The number of methoxy groups -OCH3 is 1. The van der Waals surface area contributed by atoms with E-state index in [1.165, 1.54) is 7.11 Å². The van der Waals surface area contributed by atoms with Gasteiger partial charge in [-0.1, -0.05) is 12.1 Å². The number of hydrogen-bond acceptors (Lipinski definition) is 3. The Labute approximate surface area is 83.2 Å². The molecule has 0 aliphatic carbocycles.